The second-order valence-electron chi connectivity index (χ2n) is 11.1. The molecule has 230 valence electrons. The second kappa shape index (κ2) is 13.1. The van der Waals surface area contributed by atoms with Crippen molar-refractivity contribution < 1.29 is 32.5 Å². The summed E-state index contributed by atoms with van der Waals surface area (Å²) < 4.78 is 57.1. The van der Waals surface area contributed by atoms with Crippen LogP contribution in [-0.2, 0) is 28.1 Å². The number of nitrogens with zero attached hydrogens (tertiary/aromatic N) is 3. The number of aromatic nitrogens is 1. The molecule has 0 bridgehead atoms. The molecule has 44 heavy (non-hydrogen) atoms. The van der Waals surface area contributed by atoms with E-state index in [-0.39, 0.29) is 36.0 Å². The molecule has 0 amide bonds. The fourth-order valence-corrected chi connectivity index (χ4v) is 5.70. The Balaban J connectivity index is 1.31. The lowest BCUT2D eigenvalue weighted by molar-refractivity contribution is -0.272. The van der Waals surface area contributed by atoms with Crippen molar-refractivity contribution in [3.8, 4) is 11.8 Å². The summed E-state index contributed by atoms with van der Waals surface area (Å²) in [5.74, 6) is 0.311. The van der Waals surface area contributed by atoms with Gasteiger partial charge in [-0.3, -0.25) is 9.69 Å². The van der Waals surface area contributed by atoms with Crippen molar-refractivity contribution in [3.05, 3.63) is 101 Å². The lowest BCUT2D eigenvalue weighted by Crippen LogP contribution is -2.53. The summed E-state index contributed by atoms with van der Waals surface area (Å²) in [5.41, 5.74) is -0.921. The van der Waals surface area contributed by atoms with E-state index in [1.165, 1.54) is 18.3 Å². The highest BCUT2D eigenvalue weighted by atomic mass is 19.4. The van der Waals surface area contributed by atoms with Crippen molar-refractivity contribution in [2.75, 3.05) is 26.2 Å². The van der Waals surface area contributed by atoms with E-state index in [1.807, 2.05) is 30.3 Å². The topological polar surface area (TPSA) is 87.7 Å². The summed E-state index contributed by atoms with van der Waals surface area (Å²) in [4.78, 5) is 13.3. The number of fused-ring (bicyclic) bond motifs is 1. The predicted molar refractivity (Wildman–Crippen MR) is 159 cm³/mol. The highest BCUT2D eigenvalue weighted by molar-refractivity contribution is 5.86. The molecule has 1 unspecified atom stereocenters. The van der Waals surface area contributed by atoms with Crippen molar-refractivity contribution in [2.45, 2.75) is 50.6 Å². The maximum atomic E-state index is 14.8. The third kappa shape index (κ3) is 6.90. The second-order valence-corrected chi connectivity index (χ2v) is 11.1. The Morgan fingerprint density at radius 1 is 1.02 bits per heavy atom. The highest BCUT2D eigenvalue weighted by Crippen LogP contribution is 2.44. The first kappa shape index (κ1) is 31.1. The first-order valence-electron chi connectivity index (χ1n) is 14.6. The minimum Gasteiger partial charge on any atom is -0.490 e. The largest absolute Gasteiger partial charge is 0.490 e. The number of hydrogen-bond acceptors (Lipinski definition) is 6. The van der Waals surface area contributed by atoms with Gasteiger partial charge >= 0.3 is 12.1 Å². The molecular formula is C34H34F3N3O4. The smallest absolute Gasteiger partial charge is 0.422 e. The van der Waals surface area contributed by atoms with Gasteiger partial charge < -0.3 is 19.1 Å². The average molecular weight is 606 g/mol. The van der Waals surface area contributed by atoms with Crippen molar-refractivity contribution in [1.82, 2.24) is 9.47 Å². The number of likely N-dealkylation sites (tertiary alicyclic amines) is 1. The Morgan fingerprint density at radius 2 is 1.73 bits per heavy atom. The number of carbonyl (C=O) groups excluding carboxylic acids is 1. The normalized spacial score (nSPS) is 15.9. The van der Waals surface area contributed by atoms with Crippen molar-refractivity contribution >= 4 is 16.9 Å². The van der Waals surface area contributed by atoms with E-state index in [0.717, 1.165) is 11.1 Å². The molecule has 1 N–H and O–H groups in total. The number of hydrogen-bond donors (Lipinski definition) is 1. The Hall–Kier alpha value is -4.33. The van der Waals surface area contributed by atoms with Gasteiger partial charge in [-0.1, -0.05) is 48.5 Å². The van der Waals surface area contributed by atoms with Crippen LogP contribution in [-0.4, -0.2) is 59.1 Å². The summed E-state index contributed by atoms with van der Waals surface area (Å²) in [6.45, 7) is 2.35. The molecule has 1 atom stereocenters. The molecule has 5 rings (SSSR count). The van der Waals surface area contributed by atoms with E-state index in [4.69, 9.17) is 9.47 Å². The van der Waals surface area contributed by atoms with Crippen LogP contribution >= 0.6 is 0 Å². The zero-order chi connectivity index (χ0) is 31.3. The summed E-state index contributed by atoms with van der Waals surface area (Å²) in [6, 6.07) is 23.0. The van der Waals surface area contributed by atoms with E-state index in [2.05, 4.69) is 6.07 Å². The van der Waals surface area contributed by atoms with Gasteiger partial charge in [0.05, 0.1) is 30.2 Å². The standard InChI is InChI=1S/C34H34F3N3O4/c1-2-43-32(41)19-24-8-11-27(12-9-24)44-28-14-16-39(17-15-28)23-33(42,34(35,36)37)30-22-40(21-25-6-4-3-5-7-25)31-18-26(20-38)10-13-29(30)31/h3-13,18,22,28,42H,2,14-17,19,21,23H2,1H3. The molecule has 1 aliphatic rings. The van der Waals surface area contributed by atoms with Gasteiger partial charge in [0.2, 0.25) is 5.60 Å². The summed E-state index contributed by atoms with van der Waals surface area (Å²) in [6.07, 6.45) is -2.64. The van der Waals surface area contributed by atoms with Gasteiger partial charge in [-0.2, -0.15) is 18.4 Å². The molecule has 0 aliphatic carbocycles. The van der Waals surface area contributed by atoms with Gasteiger partial charge in [0, 0.05) is 43.3 Å². The number of esters is 1. The van der Waals surface area contributed by atoms with Crippen LogP contribution in [0.1, 0.15) is 42.0 Å². The zero-order valence-electron chi connectivity index (χ0n) is 24.4. The van der Waals surface area contributed by atoms with Crippen LogP contribution in [0.3, 0.4) is 0 Å². The summed E-state index contributed by atoms with van der Waals surface area (Å²) in [7, 11) is 0. The molecule has 0 saturated carbocycles. The van der Waals surface area contributed by atoms with E-state index < -0.39 is 18.3 Å². The SMILES string of the molecule is CCOC(=O)Cc1ccc(OC2CCN(CC(O)(c3cn(Cc4ccccc4)c4cc(C#N)ccc34)C(F)(F)F)CC2)cc1. The van der Waals surface area contributed by atoms with Crippen LogP contribution in [0.5, 0.6) is 5.75 Å². The monoisotopic (exact) mass is 605 g/mol. The van der Waals surface area contributed by atoms with Gasteiger partial charge in [-0.15, -0.1) is 0 Å². The summed E-state index contributed by atoms with van der Waals surface area (Å²) >= 11 is 0. The van der Waals surface area contributed by atoms with Crippen LogP contribution in [0.2, 0.25) is 0 Å². The number of halogens is 3. The molecule has 1 saturated heterocycles. The molecule has 7 nitrogen and oxygen atoms in total. The zero-order valence-corrected chi connectivity index (χ0v) is 24.4. The molecule has 0 spiro atoms. The number of β-amino-alcohol motifs (C(OH)–C–C–N with tert-alkyl or cyclic N) is 1. The van der Waals surface area contributed by atoms with Crippen molar-refractivity contribution in [3.63, 3.8) is 0 Å². The third-order valence-corrected chi connectivity index (χ3v) is 7.99. The molecular weight excluding hydrogens is 571 g/mol. The maximum Gasteiger partial charge on any atom is 0.422 e. The molecule has 1 fully saturated rings. The van der Waals surface area contributed by atoms with Gasteiger partial charge in [0.15, 0.2) is 0 Å². The predicted octanol–water partition coefficient (Wildman–Crippen LogP) is 5.96. The molecule has 2 heterocycles. The number of aliphatic hydroxyl groups is 1. The van der Waals surface area contributed by atoms with E-state index in [1.54, 1.807) is 46.7 Å². The number of benzene rings is 3. The first-order chi connectivity index (χ1) is 21.1. The Kier molecular flexibility index (Phi) is 9.28. The van der Waals surface area contributed by atoms with E-state index >= 15 is 0 Å². The third-order valence-electron chi connectivity index (χ3n) is 7.99. The quantitative estimate of drug-likeness (QED) is 0.225. The maximum absolute atomic E-state index is 14.8. The van der Waals surface area contributed by atoms with Crippen LogP contribution in [0.25, 0.3) is 10.9 Å². The van der Waals surface area contributed by atoms with E-state index in [9.17, 15) is 28.3 Å². The minimum absolute atomic E-state index is 0.166. The average Bonchev–Trinajstić information content (AvgIpc) is 3.37. The Morgan fingerprint density at radius 3 is 2.36 bits per heavy atom. The van der Waals surface area contributed by atoms with Crippen LogP contribution in [0.4, 0.5) is 13.2 Å². The summed E-state index contributed by atoms with van der Waals surface area (Å²) in [5, 5.41) is 21.2. The molecule has 1 aromatic heterocycles. The number of rotatable bonds is 10. The lowest BCUT2D eigenvalue weighted by atomic mass is 9.90. The van der Waals surface area contributed by atoms with Crippen LogP contribution < -0.4 is 4.74 Å². The molecule has 1 aliphatic heterocycles. The number of ether oxygens (including phenoxy) is 2. The van der Waals surface area contributed by atoms with Gasteiger partial charge in [0.25, 0.3) is 0 Å². The van der Waals surface area contributed by atoms with Gasteiger partial charge in [-0.25, -0.2) is 0 Å². The first-order valence-corrected chi connectivity index (χ1v) is 14.6. The van der Waals surface area contributed by atoms with Gasteiger partial charge in [-0.05, 0) is 55.2 Å². The van der Waals surface area contributed by atoms with Crippen LogP contribution in [0, 0.1) is 11.3 Å². The highest BCUT2D eigenvalue weighted by Gasteiger charge is 2.57. The van der Waals surface area contributed by atoms with Gasteiger partial charge in [0.1, 0.15) is 11.9 Å². The number of carbonyl (C=O) groups is 1. The minimum atomic E-state index is -4.95. The Bertz CT molecular complexity index is 1620. The molecule has 4 aromatic rings. The number of piperidine rings is 1. The lowest BCUT2D eigenvalue weighted by Gasteiger charge is -2.39. The fraction of sp³-hybridized carbons (Fsp3) is 0.353. The Labute approximate surface area is 254 Å². The molecule has 0 radical (unpaired) electrons. The number of alkyl halides is 3. The van der Waals surface area contributed by atoms with E-state index in [0.29, 0.717) is 49.4 Å². The fourth-order valence-electron chi connectivity index (χ4n) is 5.70. The van der Waals surface area contributed by atoms with Crippen LogP contribution in [0.15, 0.2) is 79.0 Å². The number of nitriles is 1. The van der Waals surface area contributed by atoms with Crippen molar-refractivity contribution in [1.29, 1.82) is 5.26 Å². The van der Waals surface area contributed by atoms with Crippen molar-refractivity contribution in [2.24, 2.45) is 0 Å². The molecule has 3 aromatic carbocycles. The molecule has 10 heteroatoms.